The van der Waals surface area contributed by atoms with Gasteiger partial charge in [-0.05, 0) is 18.9 Å². The zero-order valence-electron chi connectivity index (χ0n) is 9.90. The smallest absolute Gasteiger partial charge is 0.253 e. The molecule has 5 nitrogen and oxygen atoms in total. The molecule has 2 rings (SSSR count). The fraction of sp³-hybridized carbons (Fsp3) is 0.500. The van der Waals surface area contributed by atoms with E-state index in [0.717, 1.165) is 25.1 Å². The molecule has 17 heavy (non-hydrogen) atoms. The number of nitrogens with zero attached hydrogens (tertiary/aromatic N) is 1. The predicted molar refractivity (Wildman–Crippen MR) is 65.1 cm³/mol. The van der Waals surface area contributed by atoms with Crippen LogP contribution in [-0.4, -0.2) is 37.2 Å². The van der Waals surface area contributed by atoms with E-state index < -0.39 is 0 Å². The second kappa shape index (κ2) is 5.63. The highest BCUT2D eigenvalue weighted by Gasteiger charge is 2.17. The SMILES string of the molecule is CNc1cnccc1C(=O)NCC1CCCO1. The van der Waals surface area contributed by atoms with E-state index in [1.165, 1.54) is 0 Å². The van der Waals surface area contributed by atoms with Crippen LogP contribution in [-0.2, 0) is 4.74 Å². The van der Waals surface area contributed by atoms with Crippen molar-refractivity contribution in [1.29, 1.82) is 0 Å². The number of rotatable bonds is 4. The summed E-state index contributed by atoms with van der Waals surface area (Å²) in [5.74, 6) is -0.0905. The molecule has 1 aromatic rings. The van der Waals surface area contributed by atoms with Crippen molar-refractivity contribution in [2.75, 3.05) is 25.5 Å². The first-order valence-corrected chi connectivity index (χ1v) is 5.83. The van der Waals surface area contributed by atoms with Gasteiger partial charge in [0.05, 0.1) is 23.6 Å². The molecule has 92 valence electrons. The fourth-order valence-corrected chi connectivity index (χ4v) is 1.90. The second-order valence-corrected chi connectivity index (χ2v) is 4.02. The van der Waals surface area contributed by atoms with Crippen LogP contribution < -0.4 is 10.6 Å². The maximum absolute atomic E-state index is 11.9. The van der Waals surface area contributed by atoms with Crippen LogP contribution in [0.2, 0.25) is 0 Å². The molecule has 0 bridgehead atoms. The van der Waals surface area contributed by atoms with Crippen LogP contribution in [0.1, 0.15) is 23.2 Å². The van der Waals surface area contributed by atoms with Crippen molar-refractivity contribution >= 4 is 11.6 Å². The maximum Gasteiger partial charge on any atom is 0.253 e. The topological polar surface area (TPSA) is 63.2 Å². The molecule has 2 N–H and O–H groups in total. The minimum Gasteiger partial charge on any atom is -0.386 e. The van der Waals surface area contributed by atoms with E-state index in [4.69, 9.17) is 4.74 Å². The van der Waals surface area contributed by atoms with E-state index in [1.54, 1.807) is 25.5 Å². The third-order valence-corrected chi connectivity index (χ3v) is 2.85. The minimum absolute atomic E-state index is 0.0905. The fourth-order valence-electron chi connectivity index (χ4n) is 1.90. The highest BCUT2D eigenvalue weighted by Crippen LogP contribution is 2.13. The zero-order valence-corrected chi connectivity index (χ0v) is 9.90. The Hall–Kier alpha value is -1.62. The van der Waals surface area contributed by atoms with Gasteiger partial charge >= 0.3 is 0 Å². The number of carbonyl (C=O) groups excluding carboxylic acids is 1. The lowest BCUT2D eigenvalue weighted by Gasteiger charge is -2.12. The van der Waals surface area contributed by atoms with Crippen LogP contribution in [0, 0.1) is 0 Å². The molecule has 0 aliphatic carbocycles. The number of carbonyl (C=O) groups is 1. The molecule has 1 amide bonds. The third-order valence-electron chi connectivity index (χ3n) is 2.85. The number of anilines is 1. The normalized spacial score (nSPS) is 19.0. The molecule has 0 aromatic carbocycles. The Morgan fingerprint density at radius 3 is 3.24 bits per heavy atom. The molecule has 1 aromatic heterocycles. The lowest BCUT2D eigenvalue weighted by atomic mass is 10.2. The molecular formula is C12H17N3O2. The molecule has 0 spiro atoms. The lowest BCUT2D eigenvalue weighted by Crippen LogP contribution is -2.32. The number of hydrogen-bond donors (Lipinski definition) is 2. The van der Waals surface area contributed by atoms with E-state index in [9.17, 15) is 4.79 Å². The molecule has 1 aliphatic rings. The lowest BCUT2D eigenvalue weighted by molar-refractivity contribution is 0.0858. The third kappa shape index (κ3) is 2.94. The first-order chi connectivity index (χ1) is 8.31. The second-order valence-electron chi connectivity index (χ2n) is 4.02. The van der Waals surface area contributed by atoms with Crippen LogP contribution in [0.3, 0.4) is 0 Å². The van der Waals surface area contributed by atoms with Crippen LogP contribution in [0.5, 0.6) is 0 Å². The minimum atomic E-state index is -0.0905. The number of hydrogen-bond acceptors (Lipinski definition) is 4. The summed E-state index contributed by atoms with van der Waals surface area (Å²) >= 11 is 0. The van der Waals surface area contributed by atoms with Gasteiger partial charge in [-0.15, -0.1) is 0 Å². The monoisotopic (exact) mass is 235 g/mol. The number of pyridine rings is 1. The summed E-state index contributed by atoms with van der Waals surface area (Å²) in [5, 5.41) is 5.83. The summed E-state index contributed by atoms with van der Waals surface area (Å²) < 4.78 is 5.45. The maximum atomic E-state index is 11.9. The van der Waals surface area contributed by atoms with Crippen LogP contribution in [0.25, 0.3) is 0 Å². The van der Waals surface area contributed by atoms with Gasteiger partial charge in [-0.1, -0.05) is 0 Å². The molecule has 1 unspecified atom stereocenters. The summed E-state index contributed by atoms with van der Waals surface area (Å²) in [4.78, 5) is 15.9. The highest BCUT2D eigenvalue weighted by atomic mass is 16.5. The van der Waals surface area contributed by atoms with Crippen molar-refractivity contribution in [1.82, 2.24) is 10.3 Å². The van der Waals surface area contributed by atoms with E-state index in [-0.39, 0.29) is 12.0 Å². The van der Waals surface area contributed by atoms with Crippen molar-refractivity contribution in [3.8, 4) is 0 Å². The Balaban J connectivity index is 1.94. The van der Waals surface area contributed by atoms with E-state index in [1.807, 2.05) is 0 Å². The van der Waals surface area contributed by atoms with E-state index in [0.29, 0.717) is 12.1 Å². The van der Waals surface area contributed by atoms with E-state index in [2.05, 4.69) is 15.6 Å². The molecular weight excluding hydrogens is 218 g/mol. The summed E-state index contributed by atoms with van der Waals surface area (Å²) in [5.41, 5.74) is 1.35. The summed E-state index contributed by atoms with van der Waals surface area (Å²) in [7, 11) is 1.77. The van der Waals surface area contributed by atoms with Gasteiger partial charge in [0, 0.05) is 26.4 Å². The molecule has 1 saturated heterocycles. The average Bonchev–Trinajstić information content (AvgIpc) is 2.89. The van der Waals surface area contributed by atoms with Gasteiger partial charge in [0.2, 0.25) is 0 Å². The molecule has 0 saturated carbocycles. The van der Waals surface area contributed by atoms with Gasteiger partial charge in [-0.3, -0.25) is 9.78 Å². The van der Waals surface area contributed by atoms with Gasteiger partial charge in [0.15, 0.2) is 0 Å². The Morgan fingerprint density at radius 2 is 2.53 bits per heavy atom. The van der Waals surface area contributed by atoms with Crippen molar-refractivity contribution in [2.45, 2.75) is 18.9 Å². The summed E-state index contributed by atoms with van der Waals surface area (Å²) in [6.45, 7) is 1.38. The first kappa shape index (κ1) is 11.9. The van der Waals surface area contributed by atoms with Gasteiger partial charge < -0.3 is 15.4 Å². The highest BCUT2D eigenvalue weighted by molar-refractivity contribution is 5.99. The zero-order chi connectivity index (χ0) is 12.1. The molecule has 1 fully saturated rings. The van der Waals surface area contributed by atoms with Crippen LogP contribution in [0.15, 0.2) is 18.5 Å². The molecule has 1 atom stereocenters. The Kier molecular flexibility index (Phi) is 3.93. The van der Waals surface area contributed by atoms with E-state index >= 15 is 0 Å². The van der Waals surface area contributed by atoms with Gasteiger partial charge in [-0.25, -0.2) is 0 Å². The number of amides is 1. The predicted octanol–water partition coefficient (Wildman–Crippen LogP) is 1.03. The largest absolute Gasteiger partial charge is 0.386 e. The van der Waals surface area contributed by atoms with Crippen molar-refractivity contribution in [3.05, 3.63) is 24.0 Å². The van der Waals surface area contributed by atoms with Gasteiger partial charge in [0.25, 0.3) is 5.91 Å². The van der Waals surface area contributed by atoms with Gasteiger partial charge in [0.1, 0.15) is 0 Å². The van der Waals surface area contributed by atoms with Crippen molar-refractivity contribution in [3.63, 3.8) is 0 Å². The first-order valence-electron chi connectivity index (χ1n) is 5.83. The van der Waals surface area contributed by atoms with Crippen molar-refractivity contribution in [2.24, 2.45) is 0 Å². The quantitative estimate of drug-likeness (QED) is 0.818. The number of nitrogens with one attached hydrogen (secondary N) is 2. The van der Waals surface area contributed by atoms with Crippen LogP contribution in [0.4, 0.5) is 5.69 Å². The average molecular weight is 235 g/mol. The Bertz CT molecular complexity index is 389. The molecule has 2 heterocycles. The Labute approximate surface area is 101 Å². The molecule has 0 radical (unpaired) electrons. The molecule has 5 heteroatoms. The molecule has 1 aliphatic heterocycles. The Morgan fingerprint density at radius 1 is 1.65 bits per heavy atom. The number of ether oxygens (including phenoxy) is 1. The summed E-state index contributed by atoms with van der Waals surface area (Å²) in [6, 6.07) is 1.71. The standard InChI is InChI=1S/C12H17N3O2/c1-13-11-8-14-5-4-10(11)12(16)15-7-9-3-2-6-17-9/h4-5,8-9,13H,2-3,6-7H2,1H3,(H,15,16). The summed E-state index contributed by atoms with van der Waals surface area (Å²) in [6.07, 6.45) is 5.52. The van der Waals surface area contributed by atoms with Gasteiger partial charge in [-0.2, -0.15) is 0 Å². The van der Waals surface area contributed by atoms with Crippen LogP contribution >= 0.6 is 0 Å². The van der Waals surface area contributed by atoms with Crippen molar-refractivity contribution < 1.29 is 9.53 Å². The number of aromatic nitrogens is 1.